The molecule has 0 heterocycles. The second-order valence-corrected chi connectivity index (χ2v) is 4.91. The largest absolute Gasteiger partial charge is 0.508 e. The van der Waals surface area contributed by atoms with E-state index in [9.17, 15) is 4.79 Å². The van der Waals surface area contributed by atoms with Crippen LogP contribution in [0.3, 0.4) is 0 Å². The van der Waals surface area contributed by atoms with Crippen LogP contribution in [0.4, 0.5) is 4.79 Å². The summed E-state index contributed by atoms with van der Waals surface area (Å²) in [6, 6.07) is 0. The molecule has 0 radical (unpaired) electrons. The lowest BCUT2D eigenvalue weighted by Crippen LogP contribution is -2.15. The molecule has 0 spiro atoms. The highest BCUT2D eigenvalue weighted by atomic mass is 16.7. The van der Waals surface area contributed by atoms with E-state index in [1.165, 1.54) is 32.1 Å². The molecular formula is C15H30O3. The van der Waals surface area contributed by atoms with Crippen molar-refractivity contribution in [3.05, 3.63) is 0 Å². The Hall–Kier alpha value is -0.730. The number of hydrogen-bond acceptors (Lipinski definition) is 3. The Labute approximate surface area is 112 Å². The summed E-state index contributed by atoms with van der Waals surface area (Å²) in [5, 5.41) is 0. The predicted octanol–water partition coefficient (Wildman–Crippen LogP) is 4.94. The minimum Gasteiger partial charge on any atom is -0.434 e. The number of unbranched alkanes of at least 4 members (excludes halogenated alkanes) is 3. The van der Waals surface area contributed by atoms with Gasteiger partial charge in [0.05, 0.1) is 13.2 Å². The number of carbonyl (C=O) groups excluding carboxylic acids is 1. The standard InChI is InChI=1S/C15H30O3/c1-4-7-9-11-14(10-8-5-2)13-18-15(16)17-12-6-3/h14H,4-13H2,1-3H3. The molecule has 18 heavy (non-hydrogen) atoms. The summed E-state index contributed by atoms with van der Waals surface area (Å²) in [6.45, 7) is 7.35. The quantitative estimate of drug-likeness (QED) is 0.389. The van der Waals surface area contributed by atoms with Crippen molar-refractivity contribution in [2.45, 2.75) is 72.1 Å². The molecule has 0 bridgehead atoms. The Bertz CT molecular complexity index is 192. The molecule has 0 aliphatic carbocycles. The van der Waals surface area contributed by atoms with Gasteiger partial charge in [-0.3, -0.25) is 0 Å². The van der Waals surface area contributed by atoms with E-state index in [4.69, 9.17) is 9.47 Å². The minimum atomic E-state index is -0.506. The summed E-state index contributed by atoms with van der Waals surface area (Å²) in [4.78, 5) is 11.3. The molecular weight excluding hydrogens is 228 g/mol. The monoisotopic (exact) mass is 258 g/mol. The SMILES string of the molecule is CCCCCC(CCCC)COC(=O)OCCC. The molecule has 0 aromatic heterocycles. The molecule has 0 N–H and O–H groups in total. The van der Waals surface area contributed by atoms with Crippen molar-refractivity contribution in [2.24, 2.45) is 5.92 Å². The van der Waals surface area contributed by atoms with E-state index in [-0.39, 0.29) is 0 Å². The van der Waals surface area contributed by atoms with Crippen LogP contribution in [0.25, 0.3) is 0 Å². The van der Waals surface area contributed by atoms with Gasteiger partial charge in [-0.2, -0.15) is 0 Å². The fraction of sp³-hybridized carbons (Fsp3) is 0.933. The summed E-state index contributed by atoms with van der Waals surface area (Å²) in [6.07, 6.45) is 8.80. The van der Waals surface area contributed by atoms with Crippen LogP contribution in [0.1, 0.15) is 72.1 Å². The minimum absolute atomic E-state index is 0.453. The molecule has 0 aromatic carbocycles. The van der Waals surface area contributed by atoms with Crippen LogP contribution in [-0.2, 0) is 9.47 Å². The molecule has 0 saturated carbocycles. The van der Waals surface area contributed by atoms with E-state index in [2.05, 4.69) is 13.8 Å². The van der Waals surface area contributed by atoms with Crippen molar-refractivity contribution >= 4 is 6.16 Å². The lowest BCUT2D eigenvalue weighted by molar-refractivity contribution is 0.0418. The van der Waals surface area contributed by atoms with E-state index in [1.54, 1.807) is 0 Å². The van der Waals surface area contributed by atoms with Gasteiger partial charge in [-0.1, -0.05) is 52.9 Å². The molecule has 0 amide bonds. The summed E-state index contributed by atoms with van der Waals surface area (Å²) in [5.74, 6) is 0.505. The Morgan fingerprint density at radius 3 is 2.17 bits per heavy atom. The molecule has 108 valence electrons. The summed E-state index contributed by atoms with van der Waals surface area (Å²) < 4.78 is 10.1. The van der Waals surface area contributed by atoms with Gasteiger partial charge in [-0.15, -0.1) is 0 Å². The first-order valence-electron chi connectivity index (χ1n) is 7.54. The van der Waals surface area contributed by atoms with Gasteiger partial charge >= 0.3 is 6.16 Å². The van der Waals surface area contributed by atoms with Gasteiger partial charge in [0, 0.05) is 0 Å². The molecule has 0 fully saturated rings. The Kier molecular flexibility index (Phi) is 12.2. The molecule has 3 heteroatoms. The number of ether oxygens (including phenoxy) is 2. The summed E-state index contributed by atoms with van der Waals surface area (Å²) >= 11 is 0. The second-order valence-electron chi connectivity index (χ2n) is 4.91. The predicted molar refractivity (Wildman–Crippen MR) is 74.7 cm³/mol. The Balaban J connectivity index is 3.79. The summed E-state index contributed by atoms with van der Waals surface area (Å²) in [7, 11) is 0. The van der Waals surface area contributed by atoms with Crippen molar-refractivity contribution in [1.29, 1.82) is 0 Å². The fourth-order valence-electron chi connectivity index (χ4n) is 1.90. The van der Waals surface area contributed by atoms with Crippen LogP contribution in [0.2, 0.25) is 0 Å². The van der Waals surface area contributed by atoms with Gasteiger partial charge in [-0.05, 0) is 25.2 Å². The first kappa shape index (κ1) is 17.3. The maximum Gasteiger partial charge on any atom is 0.508 e. The van der Waals surface area contributed by atoms with Crippen LogP contribution in [0.5, 0.6) is 0 Å². The Morgan fingerprint density at radius 1 is 0.889 bits per heavy atom. The topological polar surface area (TPSA) is 35.5 Å². The lowest BCUT2D eigenvalue weighted by atomic mass is 9.96. The van der Waals surface area contributed by atoms with Gasteiger partial charge in [-0.25, -0.2) is 4.79 Å². The highest BCUT2D eigenvalue weighted by Gasteiger charge is 2.12. The summed E-state index contributed by atoms with van der Waals surface area (Å²) in [5.41, 5.74) is 0. The van der Waals surface area contributed by atoms with Crippen molar-refractivity contribution in [3.8, 4) is 0 Å². The third kappa shape index (κ3) is 10.4. The third-order valence-electron chi connectivity index (χ3n) is 3.04. The molecule has 0 aliphatic rings. The van der Waals surface area contributed by atoms with Gasteiger partial charge < -0.3 is 9.47 Å². The molecule has 1 atom stereocenters. The number of rotatable bonds is 11. The van der Waals surface area contributed by atoms with Crippen LogP contribution in [0, 0.1) is 5.92 Å². The van der Waals surface area contributed by atoms with E-state index in [0.29, 0.717) is 19.1 Å². The zero-order chi connectivity index (χ0) is 13.6. The van der Waals surface area contributed by atoms with E-state index in [0.717, 1.165) is 19.3 Å². The molecule has 0 rings (SSSR count). The zero-order valence-electron chi connectivity index (χ0n) is 12.4. The average Bonchev–Trinajstić information content (AvgIpc) is 2.39. The van der Waals surface area contributed by atoms with E-state index in [1.807, 2.05) is 6.92 Å². The molecule has 3 nitrogen and oxygen atoms in total. The average molecular weight is 258 g/mol. The first-order valence-corrected chi connectivity index (χ1v) is 7.54. The zero-order valence-corrected chi connectivity index (χ0v) is 12.4. The van der Waals surface area contributed by atoms with Crippen LogP contribution >= 0.6 is 0 Å². The van der Waals surface area contributed by atoms with E-state index >= 15 is 0 Å². The van der Waals surface area contributed by atoms with Gasteiger partial charge in [0.25, 0.3) is 0 Å². The Morgan fingerprint density at radius 2 is 1.56 bits per heavy atom. The number of carbonyl (C=O) groups is 1. The molecule has 0 aliphatic heterocycles. The van der Waals surface area contributed by atoms with Crippen LogP contribution in [-0.4, -0.2) is 19.4 Å². The molecule has 0 saturated heterocycles. The molecule has 0 aromatic rings. The molecule has 1 unspecified atom stereocenters. The van der Waals surface area contributed by atoms with Gasteiger partial charge in [0.15, 0.2) is 0 Å². The van der Waals surface area contributed by atoms with Crippen molar-refractivity contribution in [2.75, 3.05) is 13.2 Å². The lowest BCUT2D eigenvalue weighted by Gasteiger charge is -2.16. The third-order valence-corrected chi connectivity index (χ3v) is 3.04. The fourth-order valence-corrected chi connectivity index (χ4v) is 1.90. The highest BCUT2D eigenvalue weighted by molar-refractivity contribution is 5.59. The van der Waals surface area contributed by atoms with Crippen molar-refractivity contribution < 1.29 is 14.3 Å². The normalized spacial score (nSPS) is 12.2. The first-order chi connectivity index (χ1) is 8.74. The second kappa shape index (κ2) is 12.7. The highest BCUT2D eigenvalue weighted by Crippen LogP contribution is 2.17. The van der Waals surface area contributed by atoms with Crippen LogP contribution < -0.4 is 0 Å². The number of hydrogen-bond donors (Lipinski definition) is 0. The van der Waals surface area contributed by atoms with Crippen molar-refractivity contribution in [1.82, 2.24) is 0 Å². The van der Waals surface area contributed by atoms with Crippen LogP contribution in [0.15, 0.2) is 0 Å². The smallest absolute Gasteiger partial charge is 0.434 e. The van der Waals surface area contributed by atoms with Gasteiger partial charge in [0.2, 0.25) is 0 Å². The maximum atomic E-state index is 11.3. The maximum absolute atomic E-state index is 11.3. The van der Waals surface area contributed by atoms with E-state index < -0.39 is 6.16 Å². The van der Waals surface area contributed by atoms with Gasteiger partial charge in [0.1, 0.15) is 0 Å². The van der Waals surface area contributed by atoms with Crippen molar-refractivity contribution in [3.63, 3.8) is 0 Å².